The van der Waals surface area contributed by atoms with E-state index in [1.165, 1.54) is 0 Å². The molecule has 4 rings (SSSR count). The summed E-state index contributed by atoms with van der Waals surface area (Å²) in [5, 5.41) is 4.97. The predicted molar refractivity (Wildman–Crippen MR) is 137 cm³/mol. The Bertz CT molecular complexity index is 1430. The van der Waals surface area contributed by atoms with E-state index in [-0.39, 0.29) is 17.0 Å². The van der Waals surface area contributed by atoms with Crippen LogP contribution in [0.4, 0.5) is 11.4 Å². The zero-order valence-corrected chi connectivity index (χ0v) is 21.1. The number of carbonyl (C=O) groups excluding carboxylic acids is 3. The lowest BCUT2D eigenvalue weighted by molar-refractivity contribution is -0.131. The smallest absolute Gasteiger partial charge is 0.265 e. The first-order valence-corrected chi connectivity index (χ1v) is 12.9. The average Bonchev–Trinajstić information content (AvgIpc) is 2.79. The van der Waals surface area contributed by atoms with Crippen LogP contribution in [0.1, 0.15) is 28.7 Å². The quantitative estimate of drug-likeness (QED) is 0.533. The van der Waals surface area contributed by atoms with Gasteiger partial charge >= 0.3 is 0 Å². The zero-order chi connectivity index (χ0) is 26.0. The Hall–Kier alpha value is -3.98. The minimum absolute atomic E-state index is 0.0178. The number of nitrogens with one attached hydrogen (secondary N) is 2. The van der Waals surface area contributed by atoms with Crippen LogP contribution in [0.3, 0.4) is 0 Å². The van der Waals surface area contributed by atoms with Gasteiger partial charge in [0.1, 0.15) is 6.04 Å². The number of sulfonamides is 1. The second-order valence-corrected chi connectivity index (χ2v) is 10.6. The van der Waals surface area contributed by atoms with Crippen molar-refractivity contribution in [1.82, 2.24) is 5.32 Å². The molecule has 0 unspecified atom stereocenters. The molecule has 0 spiro atoms. The van der Waals surface area contributed by atoms with E-state index in [0.29, 0.717) is 16.8 Å². The molecule has 0 aliphatic carbocycles. The average molecular weight is 506 g/mol. The lowest BCUT2D eigenvalue weighted by atomic mass is 10.1. The van der Waals surface area contributed by atoms with Crippen molar-refractivity contribution in [2.45, 2.75) is 44.6 Å². The minimum Gasteiger partial charge on any atom is -0.322 e. The molecule has 2 N–H and O–H groups in total. The summed E-state index contributed by atoms with van der Waals surface area (Å²) >= 11 is 0. The summed E-state index contributed by atoms with van der Waals surface area (Å²) in [7, 11) is -4.25. The fraction of sp³-hybridized carbons (Fsp3) is 0.222. The molecule has 3 aromatic carbocycles. The summed E-state index contributed by atoms with van der Waals surface area (Å²) in [5.74, 6) is -1.93. The van der Waals surface area contributed by atoms with Gasteiger partial charge in [-0.1, -0.05) is 60.2 Å². The van der Waals surface area contributed by atoms with Crippen LogP contribution in [0.2, 0.25) is 0 Å². The van der Waals surface area contributed by atoms with E-state index in [2.05, 4.69) is 10.6 Å². The van der Waals surface area contributed by atoms with Gasteiger partial charge in [0.25, 0.3) is 10.0 Å². The molecule has 8 nitrogen and oxygen atoms in total. The van der Waals surface area contributed by atoms with Crippen LogP contribution in [-0.2, 0) is 30.8 Å². The number of imide groups is 1. The highest BCUT2D eigenvalue weighted by atomic mass is 32.2. The van der Waals surface area contributed by atoms with Gasteiger partial charge in [0.2, 0.25) is 17.7 Å². The van der Waals surface area contributed by atoms with Crippen LogP contribution in [-0.4, -0.2) is 32.2 Å². The van der Waals surface area contributed by atoms with Gasteiger partial charge in [0, 0.05) is 0 Å². The first-order valence-electron chi connectivity index (χ1n) is 11.5. The second-order valence-electron chi connectivity index (χ2n) is 8.89. The number of aryl methyl sites for hydroxylation is 3. The lowest BCUT2D eigenvalue weighted by Crippen LogP contribution is -2.53. The van der Waals surface area contributed by atoms with Gasteiger partial charge < -0.3 is 5.32 Å². The van der Waals surface area contributed by atoms with Crippen LogP contribution >= 0.6 is 0 Å². The minimum atomic E-state index is -4.25. The molecule has 9 heteroatoms. The van der Waals surface area contributed by atoms with Gasteiger partial charge in [-0.05, 0) is 49.6 Å². The van der Waals surface area contributed by atoms with E-state index in [4.69, 9.17) is 0 Å². The predicted octanol–water partition coefficient (Wildman–Crippen LogP) is 3.40. The first kappa shape index (κ1) is 25.1. The maximum absolute atomic E-state index is 14.1. The molecule has 0 radical (unpaired) electrons. The van der Waals surface area contributed by atoms with Crippen LogP contribution < -0.4 is 14.9 Å². The highest BCUT2D eigenvalue weighted by Crippen LogP contribution is 2.38. The number of nitrogens with zero attached hydrogens (tertiary/aromatic N) is 1. The summed E-state index contributed by atoms with van der Waals surface area (Å²) in [6.45, 7) is 5.28. The van der Waals surface area contributed by atoms with Gasteiger partial charge in [-0.3, -0.25) is 24.0 Å². The molecule has 186 valence electrons. The third kappa shape index (κ3) is 5.01. The molecular formula is C27H27N3O5S. The Morgan fingerprint density at radius 1 is 0.917 bits per heavy atom. The second kappa shape index (κ2) is 9.94. The van der Waals surface area contributed by atoms with E-state index in [1.54, 1.807) is 74.5 Å². The molecular weight excluding hydrogens is 478 g/mol. The number of amides is 3. The third-order valence-corrected chi connectivity index (χ3v) is 8.10. The number of benzene rings is 3. The van der Waals surface area contributed by atoms with Gasteiger partial charge in [0.05, 0.1) is 29.1 Å². The largest absolute Gasteiger partial charge is 0.322 e. The number of rotatable bonds is 6. The van der Waals surface area contributed by atoms with Gasteiger partial charge in [0.15, 0.2) is 0 Å². The van der Waals surface area contributed by atoms with E-state index in [1.807, 2.05) is 13.0 Å². The standard InChI is InChI=1S/C27H27N3O5S/c1-17-13-18(2)26(19(3)14-17)36(34,35)30-22-12-8-7-11-21(22)28-27(33)23(30)16-25(32)29-24(31)15-20-9-5-4-6-10-20/h4-14,23H,15-16H2,1-3H3,(H,28,33)(H,29,31,32)/t23-/m1/s1. The Balaban J connectivity index is 1.68. The van der Waals surface area contributed by atoms with Crippen LogP contribution in [0.25, 0.3) is 0 Å². The number of carbonyl (C=O) groups is 3. The Labute approximate surface area is 210 Å². The third-order valence-electron chi connectivity index (χ3n) is 5.97. The zero-order valence-electron chi connectivity index (χ0n) is 20.2. The fourth-order valence-electron chi connectivity index (χ4n) is 4.61. The van der Waals surface area contributed by atoms with Crippen LogP contribution in [0.15, 0.2) is 71.6 Å². The number of hydrogen-bond acceptors (Lipinski definition) is 5. The van der Waals surface area contributed by atoms with Crippen LogP contribution in [0, 0.1) is 20.8 Å². The maximum atomic E-state index is 14.1. The molecule has 1 heterocycles. The fourth-order valence-corrected chi connectivity index (χ4v) is 6.67. The molecule has 0 saturated carbocycles. The van der Waals surface area contributed by atoms with Crippen molar-refractivity contribution in [3.05, 3.63) is 89.0 Å². The summed E-state index contributed by atoms with van der Waals surface area (Å²) < 4.78 is 29.1. The van der Waals surface area contributed by atoms with Crippen molar-refractivity contribution in [2.24, 2.45) is 0 Å². The SMILES string of the molecule is Cc1cc(C)c(S(=O)(=O)N2c3ccccc3NC(=O)[C@H]2CC(=O)NC(=O)Cc2ccccc2)c(C)c1. The van der Waals surface area contributed by atoms with Crippen LogP contribution in [0.5, 0.6) is 0 Å². The van der Waals surface area contributed by atoms with Gasteiger partial charge in [-0.15, -0.1) is 0 Å². The van der Waals surface area contributed by atoms with Crippen molar-refractivity contribution in [3.8, 4) is 0 Å². The van der Waals surface area contributed by atoms with Gasteiger partial charge in [-0.25, -0.2) is 8.42 Å². The van der Waals surface area contributed by atoms with Crippen molar-refractivity contribution in [1.29, 1.82) is 0 Å². The van der Waals surface area contributed by atoms with E-state index in [0.717, 1.165) is 15.4 Å². The molecule has 0 bridgehead atoms. The summed E-state index contributed by atoms with van der Waals surface area (Å²) in [6.07, 6.45) is -0.542. The Morgan fingerprint density at radius 2 is 1.53 bits per heavy atom. The summed E-state index contributed by atoms with van der Waals surface area (Å²) in [5.41, 5.74) is 3.29. The molecule has 1 atom stereocenters. The Kier molecular flexibility index (Phi) is 6.94. The molecule has 3 aromatic rings. The lowest BCUT2D eigenvalue weighted by Gasteiger charge is -2.37. The van der Waals surface area contributed by atoms with Gasteiger partial charge in [-0.2, -0.15) is 0 Å². The first-order chi connectivity index (χ1) is 17.1. The number of para-hydroxylation sites is 2. The Morgan fingerprint density at radius 3 is 2.19 bits per heavy atom. The van der Waals surface area contributed by atoms with E-state index >= 15 is 0 Å². The molecule has 0 aromatic heterocycles. The van der Waals surface area contributed by atoms with Crippen molar-refractivity contribution in [2.75, 3.05) is 9.62 Å². The van der Waals surface area contributed by atoms with Crippen molar-refractivity contribution >= 4 is 39.1 Å². The highest BCUT2D eigenvalue weighted by molar-refractivity contribution is 7.93. The summed E-state index contributed by atoms with van der Waals surface area (Å²) in [6, 6.07) is 17.6. The number of hydrogen-bond donors (Lipinski definition) is 2. The van der Waals surface area contributed by atoms with E-state index < -0.39 is 40.2 Å². The van der Waals surface area contributed by atoms with Crippen molar-refractivity contribution in [3.63, 3.8) is 0 Å². The van der Waals surface area contributed by atoms with Crippen molar-refractivity contribution < 1.29 is 22.8 Å². The van der Waals surface area contributed by atoms with E-state index in [9.17, 15) is 22.8 Å². The molecule has 1 aliphatic rings. The monoisotopic (exact) mass is 505 g/mol. The molecule has 0 saturated heterocycles. The number of anilines is 2. The molecule has 1 aliphatic heterocycles. The molecule has 0 fully saturated rings. The molecule has 36 heavy (non-hydrogen) atoms. The summed E-state index contributed by atoms with van der Waals surface area (Å²) in [4.78, 5) is 38.4. The topological polar surface area (TPSA) is 113 Å². The molecule has 3 amide bonds. The number of fused-ring (bicyclic) bond motifs is 1. The maximum Gasteiger partial charge on any atom is 0.265 e. The normalized spacial score (nSPS) is 15.1. The highest BCUT2D eigenvalue weighted by Gasteiger charge is 2.43.